The molecule has 2 fully saturated rings. The maximum Gasteiger partial charge on any atom is 0.0509 e. The largest absolute Gasteiger partial charge is 0.0680 e. The van der Waals surface area contributed by atoms with E-state index in [1.165, 1.54) is 23.5 Å². The van der Waals surface area contributed by atoms with Crippen molar-refractivity contribution in [3.8, 4) is 0 Å². The minimum atomic E-state index is 0.0691. The van der Waals surface area contributed by atoms with E-state index >= 15 is 0 Å². The highest BCUT2D eigenvalue weighted by Crippen LogP contribution is 2.53. The monoisotopic (exact) mass is 181 g/mol. The van der Waals surface area contributed by atoms with Crippen molar-refractivity contribution in [3.63, 3.8) is 0 Å². The lowest BCUT2D eigenvalue weighted by atomic mass is 10.0. The number of fused-ring (bicyclic) bond motifs is 2. The normalized spacial score (nSPS) is 39.8. The standard InChI is InChI=1S/C11H21Si/c1-3-12(4-2)11-8-9-5-6-10(11)7-9/h9-11H,3-8H2,1-2H3/t9-,10+,11-/m1/s1. The van der Waals surface area contributed by atoms with Crippen molar-refractivity contribution in [3.05, 3.63) is 0 Å². The molecule has 2 saturated carbocycles. The van der Waals surface area contributed by atoms with E-state index in [2.05, 4.69) is 13.8 Å². The predicted molar refractivity (Wildman–Crippen MR) is 55.9 cm³/mol. The Kier molecular flexibility index (Phi) is 2.59. The summed E-state index contributed by atoms with van der Waals surface area (Å²) in [7, 11) is 0.0691. The highest BCUT2D eigenvalue weighted by molar-refractivity contribution is 6.60. The highest BCUT2D eigenvalue weighted by atomic mass is 28.3. The van der Waals surface area contributed by atoms with Crippen molar-refractivity contribution in [1.82, 2.24) is 0 Å². The van der Waals surface area contributed by atoms with Crippen LogP contribution in [0.5, 0.6) is 0 Å². The van der Waals surface area contributed by atoms with E-state index in [1.807, 2.05) is 0 Å². The fourth-order valence-corrected chi connectivity index (χ4v) is 6.70. The first-order chi connectivity index (χ1) is 5.85. The van der Waals surface area contributed by atoms with Crippen molar-refractivity contribution in [1.29, 1.82) is 0 Å². The molecule has 2 aliphatic carbocycles. The summed E-state index contributed by atoms with van der Waals surface area (Å²) in [5, 5.41) is 0. The van der Waals surface area contributed by atoms with E-state index in [1.54, 1.807) is 25.7 Å². The second-order valence-corrected chi connectivity index (χ2v) is 8.12. The molecule has 0 amide bonds. The third-order valence-electron chi connectivity index (χ3n) is 4.17. The van der Waals surface area contributed by atoms with Gasteiger partial charge >= 0.3 is 0 Å². The molecule has 0 aliphatic heterocycles. The molecule has 0 N–H and O–H groups in total. The molecule has 2 bridgehead atoms. The molecule has 1 radical (unpaired) electrons. The lowest BCUT2D eigenvalue weighted by molar-refractivity contribution is 0.472. The molecule has 0 spiro atoms. The smallest absolute Gasteiger partial charge is 0.0509 e. The van der Waals surface area contributed by atoms with Gasteiger partial charge in [0.15, 0.2) is 0 Å². The first-order valence-electron chi connectivity index (χ1n) is 5.69. The molecule has 0 saturated heterocycles. The molecular weight excluding hydrogens is 160 g/mol. The number of hydrogen-bond acceptors (Lipinski definition) is 0. The van der Waals surface area contributed by atoms with E-state index in [-0.39, 0.29) is 8.80 Å². The van der Waals surface area contributed by atoms with Crippen LogP contribution >= 0.6 is 0 Å². The predicted octanol–water partition coefficient (Wildman–Crippen LogP) is 3.71. The Labute approximate surface area is 78.4 Å². The quantitative estimate of drug-likeness (QED) is 0.582. The third-order valence-corrected chi connectivity index (χ3v) is 7.74. The number of hydrogen-bond donors (Lipinski definition) is 0. The van der Waals surface area contributed by atoms with Crippen molar-refractivity contribution >= 4 is 8.80 Å². The van der Waals surface area contributed by atoms with Crippen LogP contribution in [0.15, 0.2) is 0 Å². The lowest BCUT2D eigenvalue weighted by Gasteiger charge is -2.27. The zero-order valence-electron chi connectivity index (χ0n) is 8.47. The van der Waals surface area contributed by atoms with Gasteiger partial charge in [-0.1, -0.05) is 38.8 Å². The summed E-state index contributed by atoms with van der Waals surface area (Å²) in [6, 6.07) is 3.05. The zero-order chi connectivity index (χ0) is 8.55. The zero-order valence-corrected chi connectivity index (χ0v) is 9.47. The van der Waals surface area contributed by atoms with Crippen LogP contribution in [0, 0.1) is 11.8 Å². The van der Waals surface area contributed by atoms with Crippen LogP contribution in [0.25, 0.3) is 0 Å². The summed E-state index contributed by atoms with van der Waals surface area (Å²) in [4.78, 5) is 0. The van der Waals surface area contributed by atoms with Gasteiger partial charge in [0.25, 0.3) is 0 Å². The maximum absolute atomic E-state index is 2.42. The molecule has 69 valence electrons. The summed E-state index contributed by atoms with van der Waals surface area (Å²) in [5.74, 6) is 2.35. The van der Waals surface area contributed by atoms with E-state index in [4.69, 9.17) is 0 Å². The Balaban J connectivity index is 1.96. The van der Waals surface area contributed by atoms with Crippen LogP contribution in [0.1, 0.15) is 39.5 Å². The van der Waals surface area contributed by atoms with Crippen molar-refractivity contribution in [2.24, 2.45) is 11.8 Å². The number of rotatable bonds is 3. The van der Waals surface area contributed by atoms with Gasteiger partial charge in [0.1, 0.15) is 0 Å². The molecule has 0 heterocycles. The van der Waals surface area contributed by atoms with Crippen LogP contribution in [-0.4, -0.2) is 8.80 Å². The summed E-state index contributed by atoms with van der Waals surface area (Å²) in [6.45, 7) is 4.84. The van der Waals surface area contributed by atoms with Gasteiger partial charge in [-0.2, -0.15) is 0 Å². The lowest BCUT2D eigenvalue weighted by Crippen LogP contribution is -2.23. The van der Waals surface area contributed by atoms with Gasteiger partial charge in [-0.25, -0.2) is 0 Å². The summed E-state index contributed by atoms with van der Waals surface area (Å²) in [5.41, 5.74) is 1.23. The van der Waals surface area contributed by atoms with E-state index in [0.29, 0.717) is 0 Å². The second-order valence-electron chi connectivity index (χ2n) is 4.65. The summed E-state index contributed by atoms with van der Waals surface area (Å²) < 4.78 is 0. The molecule has 0 aromatic rings. The SMILES string of the molecule is CC[Si](CC)[C@@H]1C[C@@H]2CC[C@H]1C2. The van der Waals surface area contributed by atoms with Crippen molar-refractivity contribution in [2.75, 3.05) is 0 Å². The Morgan fingerprint density at radius 1 is 1.08 bits per heavy atom. The highest BCUT2D eigenvalue weighted by Gasteiger charge is 2.42. The van der Waals surface area contributed by atoms with Gasteiger partial charge in [0.05, 0.1) is 8.80 Å². The van der Waals surface area contributed by atoms with Crippen molar-refractivity contribution < 1.29 is 0 Å². The van der Waals surface area contributed by atoms with E-state index in [0.717, 1.165) is 5.92 Å². The van der Waals surface area contributed by atoms with Gasteiger partial charge in [-0.3, -0.25) is 0 Å². The van der Waals surface area contributed by atoms with E-state index in [9.17, 15) is 0 Å². The molecule has 3 atom stereocenters. The Hall–Kier alpha value is 0.217. The molecule has 1 heteroatoms. The van der Waals surface area contributed by atoms with Crippen LogP contribution in [0.4, 0.5) is 0 Å². The molecule has 0 aromatic heterocycles. The molecular formula is C11H21Si. The van der Waals surface area contributed by atoms with Gasteiger partial charge < -0.3 is 0 Å². The third kappa shape index (κ3) is 1.36. The Morgan fingerprint density at radius 3 is 2.25 bits per heavy atom. The van der Waals surface area contributed by atoms with Crippen LogP contribution in [0.3, 0.4) is 0 Å². The van der Waals surface area contributed by atoms with Gasteiger partial charge in [-0.15, -0.1) is 0 Å². The fraction of sp³-hybridized carbons (Fsp3) is 1.00. The molecule has 2 aliphatic rings. The van der Waals surface area contributed by atoms with E-state index < -0.39 is 0 Å². The van der Waals surface area contributed by atoms with Crippen LogP contribution in [-0.2, 0) is 0 Å². The maximum atomic E-state index is 2.42. The van der Waals surface area contributed by atoms with Gasteiger partial charge in [0.2, 0.25) is 0 Å². The minimum Gasteiger partial charge on any atom is -0.0680 e. The Bertz CT molecular complexity index is 151. The average Bonchev–Trinajstić information content (AvgIpc) is 2.67. The van der Waals surface area contributed by atoms with Gasteiger partial charge in [-0.05, 0) is 30.2 Å². The van der Waals surface area contributed by atoms with Crippen LogP contribution < -0.4 is 0 Å². The van der Waals surface area contributed by atoms with Crippen molar-refractivity contribution in [2.45, 2.75) is 57.2 Å². The molecule has 0 unspecified atom stereocenters. The van der Waals surface area contributed by atoms with Crippen LogP contribution in [0.2, 0.25) is 17.6 Å². The fourth-order valence-electron chi connectivity index (χ4n) is 3.52. The first-order valence-corrected chi connectivity index (χ1v) is 7.68. The first kappa shape index (κ1) is 8.80. The summed E-state index contributed by atoms with van der Waals surface area (Å²) in [6.07, 6.45) is 6.40. The van der Waals surface area contributed by atoms with Gasteiger partial charge in [0, 0.05) is 0 Å². The second kappa shape index (κ2) is 3.53. The molecule has 0 nitrogen and oxygen atoms in total. The molecule has 12 heavy (non-hydrogen) atoms. The topological polar surface area (TPSA) is 0 Å². The molecule has 0 aromatic carbocycles. The molecule has 2 rings (SSSR count). The average molecular weight is 181 g/mol. The summed E-state index contributed by atoms with van der Waals surface area (Å²) >= 11 is 0. The minimum absolute atomic E-state index is 0.0691. The Morgan fingerprint density at radius 2 is 1.83 bits per heavy atom.